The molecular formula is C14H17Cl2N3O. The van der Waals surface area contributed by atoms with Crippen molar-refractivity contribution in [2.75, 3.05) is 19.6 Å². The van der Waals surface area contributed by atoms with Gasteiger partial charge in [0.15, 0.2) is 0 Å². The van der Waals surface area contributed by atoms with Gasteiger partial charge in [-0.25, -0.2) is 0 Å². The fraction of sp³-hybridized carbons (Fsp3) is 0.357. The van der Waals surface area contributed by atoms with Gasteiger partial charge in [-0.05, 0) is 30.2 Å². The monoisotopic (exact) mass is 313 g/mol. The van der Waals surface area contributed by atoms with E-state index in [0.29, 0.717) is 6.54 Å². The summed E-state index contributed by atoms with van der Waals surface area (Å²) >= 11 is 6.01. The van der Waals surface area contributed by atoms with E-state index >= 15 is 0 Å². The van der Waals surface area contributed by atoms with E-state index in [0.717, 1.165) is 35.4 Å². The van der Waals surface area contributed by atoms with Crippen LogP contribution in [-0.2, 0) is 11.2 Å². The summed E-state index contributed by atoms with van der Waals surface area (Å²) in [6.07, 6.45) is 2.80. The summed E-state index contributed by atoms with van der Waals surface area (Å²) < 4.78 is 0. The number of nitrogens with one attached hydrogen (secondary N) is 3. The molecule has 2 heterocycles. The SMILES string of the molecule is Cl.O=C(NCCc1c[nH]c2ccc(Cl)cc12)C1CNC1. The highest BCUT2D eigenvalue weighted by atomic mass is 35.5. The first-order valence-electron chi connectivity index (χ1n) is 6.48. The van der Waals surface area contributed by atoms with Crippen LogP contribution in [0.4, 0.5) is 0 Å². The number of amides is 1. The Morgan fingerprint density at radius 3 is 2.90 bits per heavy atom. The van der Waals surface area contributed by atoms with Crippen LogP contribution in [0.3, 0.4) is 0 Å². The number of aromatic nitrogens is 1. The highest BCUT2D eigenvalue weighted by Gasteiger charge is 2.24. The maximum Gasteiger partial charge on any atom is 0.225 e. The smallest absolute Gasteiger partial charge is 0.225 e. The van der Waals surface area contributed by atoms with Gasteiger partial charge in [0.25, 0.3) is 0 Å². The Labute approximate surface area is 128 Å². The van der Waals surface area contributed by atoms with Gasteiger partial charge < -0.3 is 15.6 Å². The van der Waals surface area contributed by atoms with Crippen molar-refractivity contribution in [2.24, 2.45) is 5.92 Å². The van der Waals surface area contributed by atoms with Gasteiger partial charge >= 0.3 is 0 Å². The molecule has 1 aromatic heterocycles. The Morgan fingerprint density at radius 2 is 2.20 bits per heavy atom. The molecule has 3 N–H and O–H groups in total. The third-order valence-electron chi connectivity index (χ3n) is 3.58. The molecule has 0 radical (unpaired) electrons. The van der Waals surface area contributed by atoms with Crippen molar-refractivity contribution in [3.05, 3.63) is 35.0 Å². The molecule has 0 unspecified atom stereocenters. The Kier molecular flexibility index (Phi) is 4.91. The topological polar surface area (TPSA) is 56.9 Å². The van der Waals surface area contributed by atoms with Gasteiger partial charge in [-0.1, -0.05) is 11.6 Å². The molecule has 2 aromatic rings. The Hall–Kier alpha value is -1.23. The second-order valence-electron chi connectivity index (χ2n) is 4.90. The molecule has 6 heteroatoms. The summed E-state index contributed by atoms with van der Waals surface area (Å²) in [7, 11) is 0. The molecule has 108 valence electrons. The predicted molar refractivity (Wildman–Crippen MR) is 83.6 cm³/mol. The minimum absolute atomic E-state index is 0. The van der Waals surface area contributed by atoms with E-state index in [1.807, 2.05) is 24.4 Å². The maximum absolute atomic E-state index is 11.7. The largest absolute Gasteiger partial charge is 0.361 e. The zero-order chi connectivity index (χ0) is 13.2. The van der Waals surface area contributed by atoms with Crippen molar-refractivity contribution >= 4 is 40.8 Å². The number of halogens is 2. The van der Waals surface area contributed by atoms with Crippen LogP contribution in [-0.4, -0.2) is 30.5 Å². The van der Waals surface area contributed by atoms with E-state index in [1.54, 1.807) is 0 Å². The van der Waals surface area contributed by atoms with Crippen LogP contribution in [0.15, 0.2) is 24.4 Å². The minimum atomic E-state index is 0. The Morgan fingerprint density at radius 1 is 1.40 bits per heavy atom. The van der Waals surface area contributed by atoms with Gasteiger partial charge in [-0.3, -0.25) is 4.79 Å². The maximum atomic E-state index is 11.7. The minimum Gasteiger partial charge on any atom is -0.361 e. The van der Waals surface area contributed by atoms with Gasteiger partial charge in [0.2, 0.25) is 5.91 Å². The summed E-state index contributed by atoms with van der Waals surface area (Å²) in [5.74, 6) is 0.300. The summed E-state index contributed by atoms with van der Waals surface area (Å²) in [6, 6.07) is 5.80. The second-order valence-corrected chi connectivity index (χ2v) is 5.34. The molecule has 0 aliphatic carbocycles. The first-order chi connectivity index (χ1) is 9.24. The quantitative estimate of drug-likeness (QED) is 0.810. The second kappa shape index (κ2) is 6.48. The van der Waals surface area contributed by atoms with Crippen LogP contribution in [0.1, 0.15) is 5.56 Å². The third-order valence-corrected chi connectivity index (χ3v) is 3.81. The number of hydrogen-bond donors (Lipinski definition) is 3. The van der Waals surface area contributed by atoms with Crippen molar-refractivity contribution < 1.29 is 4.79 Å². The van der Waals surface area contributed by atoms with Crippen LogP contribution in [0, 0.1) is 5.92 Å². The van der Waals surface area contributed by atoms with Crippen molar-refractivity contribution in [1.29, 1.82) is 0 Å². The number of H-pyrrole nitrogens is 1. The van der Waals surface area contributed by atoms with Crippen LogP contribution >= 0.6 is 24.0 Å². The van der Waals surface area contributed by atoms with E-state index in [9.17, 15) is 4.79 Å². The summed E-state index contributed by atoms with van der Waals surface area (Å²) in [5, 5.41) is 7.94. The molecule has 3 rings (SSSR count). The fourth-order valence-corrected chi connectivity index (χ4v) is 2.47. The van der Waals surface area contributed by atoms with Gasteiger partial charge in [-0.15, -0.1) is 12.4 Å². The Bertz CT molecular complexity index is 607. The van der Waals surface area contributed by atoms with E-state index in [1.165, 1.54) is 5.56 Å². The van der Waals surface area contributed by atoms with Crippen molar-refractivity contribution in [3.8, 4) is 0 Å². The fourth-order valence-electron chi connectivity index (χ4n) is 2.30. The zero-order valence-corrected chi connectivity index (χ0v) is 12.5. The number of aromatic amines is 1. The highest BCUT2D eigenvalue weighted by molar-refractivity contribution is 6.31. The number of rotatable bonds is 4. The van der Waals surface area contributed by atoms with E-state index in [2.05, 4.69) is 15.6 Å². The standard InChI is InChI=1S/C14H16ClN3O.ClH/c15-11-1-2-13-12(5-11)9(8-18-13)3-4-17-14(19)10-6-16-7-10;/h1-2,5,8,10,16,18H,3-4,6-7H2,(H,17,19);1H. The van der Waals surface area contributed by atoms with Crippen molar-refractivity contribution in [2.45, 2.75) is 6.42 Å². The number of benzene rings is 1. The lowest BCUT2D eigenvalue weighted by molar-refractivity contribution is -0.126. The third kappa shape index (κ3) is 3.08. The molecule has 1 aliphatic heterocycles. The van der Waals surface area contributed by atoms with Crippen molar-refractivity contribution in [1.82, 2.24) is 15.6 Å². The van der Waals surface area contributed by atoms with E-state index in [-0.39, 0.29) is 24.2 Å². The molecule has 0 spiro atoms. The molecule has 0 bridgehead atoms. The summed E-state index contributed by atoms with van der Waals surface area (Å²) in [5.41, 5.74) is 2.26. The van der Waals surface area contributed by atoms with Crippen molar-refractivity contribution in [3.63, 3.8) is 0 Å². The molecule has 1 amide bonds. The number of carbonyl (C=O) groups excluding carboxylic acids is 1. The van der Waals surface area contributed by atoms with E-state index in [4.69, 9.17) is 11.6 Å². The number of fused-ring (bicyclic) bond motifs is 1. The number of hydrogen-bond acceptors (Lipinski definition) is 2. The average Bonchev–Trinajstić information content (AvgIpc) is 2.70. The zero-order valence-electron chi connectivity index (χ0n) is 10.9. The van der Waals surface area contributed by atoms with Crippen LogP contribution in [0.25, 0.3) is 10.9 Å². The molecule has 20 heavy (non-hydrogen) atoms. The highest BCUT2D eigenvalue weighted by Crippen LogP contribution is 2.22. The lowest BCUT2D eigenvalue weighted by Crippen LogP contribution is -2.51. The predicted octanol–water partition coefficient (Wildman–Crippen LogP) is 2.12. The lowest BCUT2D eigenvalue weighted by atomic mass is 10.0. The first kappa shape index (κ1) is 15.2. The normalized spacial score (nSPS) is 14.7. The average molecular weight is 314 g/mol. The molecular weight excluding hydrogens is 297 g/mol. The molecule has 1 aliphatic rings. The molecule has 1 fully saturated rings. The molecule has 1 saturated heterocycles. The molecule has 0 saturated carbocycles. The lowest BCUT2D eigenvalue weighted by Gasteiger charge is -2.25. The van der Waals surface area contributed by atoms with Gasteiger partial charge in [-0.2, -0.15) is 0 Å². The Balaban J connectivity index is 0.00000147. The molecule has 4 nitrogen and oxygen atoms in total. The van der Waals surface area contributed by atoms with Gasteiger partial charge in [0, 0.05) is 41.8 Å². The summed E-state index contributed by atoms with van der Waals surface area (Å²) in [6.45, 7) is 2.26. The van der Waals surface area contributed by atoms with Gasteiger partial charge in [0.05, 0.1) is 5.92 Å². The summed E-state index contributed by atoms with van der Waals surface area (Å²) in [4.78, 5) is 14.9. The molecule has 0 atom stereocenters. The van der Waals surface area contributed by atoms with Gasteiger partial charge in [0.1, 0.15) is 0 Å². The first-order valence-corrected chi connectivity index (χ1v) is 6.86. The van der Waals surface area contributed by atoms with Crippen LogP contribution in [0.2, 0.25) is 5.02 Å². The van der Waals surface area contributed by atoms with E-state index < -0.39 is 0 Å². The molecule has 1 aromatic carbocycles. The number of carbonyl (C=O) groups is 1. The van der Waals surface area contributed by atoms with Crippen LogP contribution in [0.5, 0.6) is 0 Å². The van der Waals surface area contributed by atoms with Crippen LogP contribution < -0.4 is 10.6 Å².